The van der Waals surface area contributed by atoms with Crippen LogP contribution in [0.15, 0.2) is 60.8 Å². The highest BCUT2D eigenvalue weighted by Crippen LogP contribution is 2.22. The maximum Gasteiger partial charge on any atom is 0.119 e. The van der Waals surface area contributed by atoms with Crippen LogP contribution in [0.1, 0.15) is 17.7 Å². The summed E-state index contributed by atoms with van der Waals surface area (Å²) in [4.78, 5) is 6.89. The van der Waals surface area contributed by atoms with Crippen LogP contribution in [0.3, 0.4) is 0 Å². The Labute approximate surface area is 155 Å². The molecule has 26 heavy (non-hydrogen) atoms. The summed E-state index contributed by atoms with van der Waals surface area (Å²) < 4.78 is 10.5. The summed E-state index contributed by atoms with van der Waals surface area (Å²) in [6.45, 7) is 3.48. The first-order valence-corrected chi connectivity index (χ1v) is 8.96. The van der Waals surface area contributed by atoms with Crippen molar-refractivity contribution in [1.82, 2.24) is 9.88 Å². The second kappa shape index (κ2) is 9.32. The van der Waals surface area contributed by atoms with Crippen LogP contribution in [0, 0.1) is 0 Å². The molecule has 0 bridgehead atoms. The van der Waals surface area contributed by atoms with Crippen molar-refractivity contribution in [2.45, 2.75) is 19.5 Å². The molecule has 0 saturated carbocycles. The van der Waals surface area contributed by atoms with E-state index in [1.807, 2.05) is 24.4 Å². The summed E-state index contributed by atoms with van der Waals surface area (Å²) >= 11 is 0. The van der Waals surface area contributed by atoms with Crippen LogP contribution >= 0.6 is 0 Å². The summed E-state index contributed by atoms with van der Waals surface area (Å²) in [5.41, 5.74) is 2.39. The van der Waals surface area contributed by atoms with Gasteiger partial charge in [-0.1, -0.05) is 24.3 Å². The number of pyridine rings is 1. The van der Waals surface area contributed by atoms with Gasteiger partial charge >= 0.3 is 0 Å². The minimum Gasteiger partial charge on any atom is -0.497 e. The van der Waals surface area contributed by atoms with Crippen molar-refractivity contribution in [3.8, 4) is 5.75 Å². The molecule has 0 aliphatic rings. The first-order chi connectivity index (χ1) is 12.8. The predicted octanol–water partition coefficient (Wildman–Crippen LogP) is 4.28. The lowest BCUT2D eigenvalue weighted by atomic mass is 10.1. The molecule has 0 unspecified atom stereocenters. The van der Waals surface area contributed by atoms with E-state index in [1.165, 1.54) is 16.3 Å². The number of rotatable bonds is 9. The van der Waals surface area contributed by atoms with Gasteiger partial charge < -0.3 is 9.47 Å². The first kappa shape index (κ1) is 18.4. The summed E-state index contributed by atoms with van der Waals surface area (Å²) in [5, 5.41) is 2.43. The van der Waals surface area contributed by atoms with Crippen molar-refractivity contribution in [3.63, 3.8) is 0 Å². The molecule has 3 aromatic rings. The van der Waals surface area contributed by atoms with E-state index in [9.17, 15) is 0 Å². The summed E-state index contributed by atoms with van der Waals surface area (Å²) in [6, 6.07) is 18.9. The summed E-state index contributed by atoms with van der Waals surface area (Å²) in [7, 11) is 3.45. The molecule has 1 heterocycles. The Hall–Kier alpha value is -2.43. The fourth-order valence-corrected chi connectivity index (χ4v) is 3.12. The Balaban J connectivity index is 1.75. The third kappa shape index (κ3) is 5.04. The molecule has 0 aliphatic heterocycles. The van der Waals surface area contributed by atoms with E-state index in [-0.39, 0.29) is 0 Å². The molecule has 0 amide bonds. The van der Waals surface area contributed by atoms with Crippen LogP contribution in [0.25, 0.3) is 10.8 Å². The van der Waals surface area contributed by atoms with Gasteiger partial charge in [-0.2, -0.15) is 0 Å². The molecule has 136 valence electrons. The second-order valence-corrected chi connectivity index (χ2v) is 6.43. The molecular weight excluding hydrogens is 324 g/mol. The number of methoxy groups -OCH3 is 2. The number of aromatic nitrogens is 1. The molecule has 0 atom stereocenters. The largest absolute Gasteiger partial charge is 0.497 e. The van der Waals surface area contributed by atoms with E-state index in [1.54, 1.807) is 14.2 Å². The molecule has 2 aromatic carbocycles. The van der Waals surface area contributed by atoms with Crippen molar-refractivity contribution in [2.24, 2.45) is 0 Å². The van der Waals surface area contributed by atoms with Crippen molar-refractivity contribution >= 4 is 10.8 Å². The summed E-state index contributed by atoms with van der Waals surface area (Å²) in [5.74, 6) is 0.890. The molecule has 0 spiro atoms. The van der Waals surface area contributed by atoms with Gasteiger partial charge in [0.15, 0.2) is 0 Å². The van der Waals surface area contributed by atoms with E-state index in [4.69, 9.17) is 9.47 Å². The van der Waals surface area contributed by atoms with Crippen LogP contribution in [0.4, 0.5) is 0 Å². The van der Waals surface area contributed by atoms with Crippen molar-refractivity contribution in [2.75, 3.05) is 27.4 Å². The van der Waals surface area contributed by atoms with Gasteiger partial charge in [-0.3, -0.25) is 9.88 Å². The SMILES string of the molecule is COCCCN(Cc1ccc2cc(OC)ccc2c1)Cc1ccccn1. The fraction of sp³-hybridized carbons (Fsp3) is 0.318. The molecule has 0 aliphatic carbocycles. The van der Waals surface area contributed by atoms with Crippen LogP contribution in [0.5, 0.6) is 5.75 Å². The Morgan fingerprint density at radius 1 is 0.923 bits per heavy atom. The minimum atomic E-state index is 0.774. The molecule has 4 heteroatoms. The second-order valence-electron chi connectivity index (χ2n) is 6.43. The number of hydrogen-bond donors (Lipinski definition) is 0. The maximum absolute atomic E-state index is 5.31. The van der Waals surface area contributed by atoms with Crippen LogP contribution in [-0.2, 0) is 17.8 Å². The molecule has 0 saturated heterocycles. The molecule has 3 rings (SSSR count). The van der Waals surface area contributed by atoms with Gasteiger partial charge in [0, 0.05) is 39.5 Å². The predicted molar refractivity (Wildman–Crippen MR) is 105 cm³/mol. The Kier molecular flexibility index (Phi) is 6.58. The average molecular weight is 350 g/mol. The van der Waals surface area contributed by atoms with E-state index in [0.29, 0.717) is 0 Å². The Bertz CT molecular complexity index is 821. The lowest BCUT2D eigenvalue weighted by molar-refractivity contribution is 0.166. The van der Waals surface area contributed by atoms with E-state index in [0.717, 1.165) is 44.1 Å². The Morgan fingerprint density at radius 2 is 1.77 bits per heavy atom. The van der Waals surface area contributed by atoms with Crippen LogP contribution in [0.2, 0.25) is 0 Å². The number of ether oxygens (including phenoxy) is 2. The molecule has 0 N–H and O–H groups in total. The van der Waals surface area contributed by atoms with Gasteiger partial charge in [0.2, 0.25) is 0 Å². The molecule has 0 radical (unpaired) electrons. The normalized spacial score (nSPS) is 11.2. The van der Waals surface area contributed by atoms with Gasteiger partial charge in [0.25, 0.3) is 0 Å². The van der Waals surface area contributed by atoms with Crippen LogP contribution < -0.4 is 4.74 Å². The maximum atomic E-state index is 5.31. The molecule has 0 fully saturated rings. The van der Waals surface area contributed by atoms with Crippen molar-refractivity contribution < 1.29 is 9.47 Å². The van der Waals surface area contributed by atoms with E-state index < -0.39 is 0 Å². The zero-order valence-electron chi connectivity index (χ0n) is 15.5. The zero-order valence-corrected chi connectivity index (χ0v) is 15.5. The van der Waals surface area contributed by atoms with Crippen molar-refractivity contribution in [3.05, 3.63) is 72.1 Å². The lowest BCUT2D eigenvalue weighted by Crippen LogP contribution is -2.25. The van der Waals surface area contributed by atoms with Gasteiger partial charge in [0.1, 0.15) is 5.75 Å². The zero-order chi connectivity index (χ0) is 18.2. The highest BCUT2D eigenvalue weighted by Gasteiger charge is 2.09. The van der Waals surface area contributed by atoms with Crippen molar-refractivity contribution in [1.29, 1.82) is 0 Å². The number of benzene rings is 2. The van der Waals surface area contributed by atoms with Crippen LogP contribution in [-0.4, -0.2) is 37.3 Å². The fourth-order valence-electron chi connectivity index (χ4n) is 3.12. The Morgan fingerprint density at radius 3 is 2.54 bits per heavy atom. The van der Waals surface area contributed by atoms with Gasteiger partial charge in [-0.05, 0) is 53.1 Å². The molecular formula is C22H26N2O2. The summed E-state index contributed by atoms with van der Waals surface area (Å²) in [6.07, 6.45) is 2.86. The number of nitrogens with zero attached hydrogens (tertiary/aromatic N) is 2. The third-order valence-corrected chi connectivity index (χ3v) is 4.45. The van der Waals surface area contributed by atoms with Gasteiger partial charge in [-0.25, -0.2) is 0 Å². The lowest BCUT2D eigenvalue weighted by Gasteiger charge is -2.22. The smallest absolute Gasteiger partial charge is 0.119 e. The topological polar surface area (TPSA) is 34.6 Å². The average Bonchev–Trinajstić information content (AvgIpc) is 2.68. The minimum absolute atomic E-state index is 0.774. The third-order valence-electron chi connectivity index (χ3n) is 4.45. The highest BCUT2D eigenvalue weighted by molar-refractivity contribution is 5.84. The highest BCUT2D eigenvalue weighted by atomic mass is 16.5. The molecule has 4 nitrogen and oxygen atoms in total. The van der Waals surface area contributed by atoms with Gasteiger partial charge in [0.05, 0.1) is 12.8 Å². The van der Waals surface area contributed by atoms with E-state index in [2.05, 4.69) is 46.3 Å². The number of fused-ring (bicyclic) bond motifs is 1. The van der Waals surface area contributed by atoms with Gasteiger partial charge in [-0.15, -0.1) is 0 Å². The molecule has 1 aromatic heterocycles. The first-order valence-electron chi connectivity index (χ1n) is 8.96. The standard InChI is InChI=1S/C22H26N2O2/c1-25-13-5-12-24(17-21-6-3-4-11-23-21)16-18-7-8-20-15-22(26-2)10-9-19(20)14-18/h3-4,6-11,14-15H,5,12-13,16-17H2,1-2H3. The monoisotopic (exact) mass is 350 g/mol. The van der Waals surface area contributed by atoms with E-state index >= 15 is 0 Å². The number of hydrogen-bond acceptors (Lipinski definition) is 4. The quantitative estimate of drug-likeness (QED) is 0.540.